The Labute approximate surface area is 94.0 Å². The Balaban J connectivity index is 1.98. The second kappa shape index (κ2) is 4.94. The van der Waals surface area contributed by atoms with Gasteiger partial charge in [0.1, 0.15) is 0 Å². The minimum absolute atomic E-state index is 0.243. The highest BCUT2D eigenvalue weighted by atomic mass is 32.2. The summed E-state index contributed by atoms with van der Waals surface area (Å²) in [6.45, 7) is 0. The summed E-state index contributed by atoms with van der Waals surface area (Å²) >= 11 is 1.76. The molecule has 0 aromatic heterocycles. The van der Waals surface area contributed by atoms with Gasteiger partial charge in [0.05, 0.1) is 12.5 Å². The van der Waals surface area contributed by atoms with Crippen molar-refractivity contribution in [3.63, 3.8) is 0 Å². The van der Waals surface area contributed by atoms with Crippen molar-refractivity contribution in [2.45, 2.75) is 10.3 Å². The van der Waals surface area contributed by atoms with Gasteiger partial charge in [0.15, 0.2) is 5.88 Å². The van der Waals surface area contributed by atoms with Gasteiger partial charge < -0.3 is 10.1 Å². The average molecular weight is 219 g/mol. The fraction of sp³-hybridized carbons (Fsp3) is 0.167. The van der Waals surface area contributed by atoms with Crippen molar-refractivity contribution in [1.29, 1.82) is 0 Å². The van der Waals surface area contributed by atoms with Crippen molar-refractivity contribution in [1.82, 2.24) is 5.32 Å². The first-order valence-corrected chi connectivity index (χ1v) is 5.67. The predicted octanol–water partition coefficient (Wildman–Crippen LogP) is 2.75. The first-order chi connectivity index (χ1) is 7.38. The van der Waals surface area contributed by atoms with E-state index in [-0.39, 0.29) is 5.37 Å². The van der Waals surface area contributed by atoms with Crippen molar-refractivity contribution >= 4 is 11.8 Å². The molecule has 3 heteroatoms. The molecule has 0 amide bonds. The largest absolute Gasteiger partial charge is 0.482 e. The van der Waals surface area contributed by atoms with Crippen LogP contribution < -0.4 is 5.32 Å². The van der Waals surface area contributed by atoms with Gasteiger partial charge in [-0.1, -0.05) is 42.1 Å². The second-order valence-corrected chi connectivity index (χ2v) is 4.33. The van der Waals surface area contributed by atoms with Crippen molar-refractivity contribution in [3.05, 3.63) is 54.4 Å². The molecule has 1 aliphatic rings. The summed E-state index contributed by atoms with van der Waals surface area (Å²) in [6.07, 6.45) is 6.04. The average Bonchev–Trinajstić information content (AvgIpc) is 2.31. The Morgan fingerprint density at radius 2 is 2.07 bits per heavy atom. The second-order valence-electron chi connectivity index (χ2n) is 3.12. The van der Waals surface area contributed by atoms with Crippen molar-refractivity contribution < 1.29 is 4.74 Å². The Bertz CT molecular complexity index is 372. The molecule has 0 aliphatic carbocycles. The molecule has 0 saturated carbocycles. The Morgan fingerprint density at radius 3 is 2.80 bits per heavy atom. The molecule has 15 heavy (non-hydrogen) atoms. The molecule has 0 radical (unpaired) electrons. The third kappa shape index (κ3) is 2.80. The number of dihydropyridines is 1. The summed E-state index contributed by atoms with van der Waals surface area (Å²) in [5, 5.41) is 3.51. The van der Waals surface area contributed by atoms with Gasteiger partial charge >= 0.3 is 0 Å². The van der Waals surface area contributed by atoms with Gasteiger partial charge in [0, 0.05) is 4.90 Å². The van der Waals surface area contributed by atoms with E-state index in [1.807, 2.05) is 30.4 Å². The number of rotatable bonds is 3. The number of hydrogen-bond acceptors (Lipinski definition) is 3. The molecular weight excluding hydrogens is 206 g/mol. The van der Waals surface area contributed by atoms with E-state index in [9.17, 15) is 0 Å². The maximum atomic E-state index is 5.14. The van der Waals surface area contributed by atoms with E-state index in [4.69, 9.17) is 4.74 Å². The third-order valence-electron chi connectivity index (χ3n) is 2.04. The molecule has 0 fully saturated rings. The first kappa shape index (κ1) is 10.2. The molecule has 78 valence electrons. The first-order valence-electron chi connectivity index (χ1n) is 4.79. The maximum Gasteiger partial charge on any atom is 0.187 e. The summed E-state index contributed by atoms with van der Waals surface area (Å²) in [4.78, 5) is 1.25. The van der Waals surface area contributed by atoms with Crippen molar-refractivity contribution in [2.24, 2.45) is 0 Å². The van der Waals surface area contributed by atoms with E-state index >= 15 is 0 Å². The van der Waals surface area contributed by atoms with Crippen LogP contribution in [0.1, 0.15) is 0 Å². The lowest BCUT2D eigenvalue weighted by Gasteiger charge is -2.19. The topological polar surface area (TPSA) is 21.3 Å². The lowest BCUT2D eigenvalue weighted by Crippen LogP contribution is -2.26. The van der Waals surface area contributed by atoms with E-state index < -0.39 is 0 Å². The van der Waals surface area contributed by atoms with Crippen LogP contribution in [0.3, 0.4) is 0 Å². The molecule has 0 spiro atoms. The molecule has 2 rings (SSSR count). The molecule has 1 aromatic carbocycles. The van der Waals surface area contributed by atoms with Gasteiger partial charge in [-0.25, -0.2) is 0 Å². The molecule has 1 heterocycles. The molecule has 0 unspecified atom stereocenters. The van der Waals surface area contributed by atoms with Crippen molar-refractivity contribution in [2.75, 3.05) is 7.11 Å². The van der Waals surface area contributed by atoms with Crippen LogP contribution in [0.15, 0.2) is 59.3 Å². The number of allylic oxidation sites excluding steroid dienone is 2. The van der Waals surface area contributed by atoms with Gasteiger partial charge in [-0.15, -0.1) is 0 Å². The normalized spacial score (nSPS) is 19.3. The zero-order valence-corrected chi connectivity index (χ0v) is 9.33. The van der Waals surface area contributed by atoms with Crippen molar-refractivity contribution in [3.8, 4) is 0 Å². The number of ether oxygens (including phenoxy) is 1. The number of benzene rings is 1. The Hall–Kier alpha value is -1.35. The van der Waals surface area contributed by atoms with Gasteiger partial charge in [0.2, 0.25) is 0 Å². The smallest absolute Gasteiger partial charge is 0.187 e. The van der Waals surface area contributed by atoms with Crippen LogP contribution in [-0.4, -0.2) is 12.5 Å². The molecule has 1 atom stereocenters. The van der Waals surface area contributed by atoms with Crippen LogP contribution in [-0.2, 0) is 4.74 Å². The number of nitrogens with one attached hydrogen (secondary N) is 1. The zero-order valence-electron chi connectivity index (χ0n) is 8.51. The molecule has 0 bridgehead atoms. The fourth-order valence-electron chi connectivity index (χ4n) is 1.32. The third-order valence-corrected chi connectivity index (χ3v) is 3.12. The van der Waals surface area contributed by atoms with Crippen LogP contribution >= 0.6 is 11.8 Å². The minimum Gasteiger partial charge on any atom is -0.482 e. The minimum atomic E-state index is 0.243. The van der Waals surface area contributed by atoms with E-state index in [0.29, 0.717) is 0 Å². The summed E-state index contributed by atoms with van der Waals surface area (Å²) in [6, 6.07) is 10.3. The summed E-state index contributed by atoms with van der Waals surface area (Å²) < 4.78 is 5.14. The number of methoxy groups -OCH3 is 1. The molecular formula is C12H13NOS. The monoisotopic (exact) mass is 219 g/mol. The fourth-order valence-corrected chi connectivity index (χ4v) is 2.27. The van der Waals surface area contributed by atoms with E-state index in [0.717, 1.165) is 5.88 Å². The highest BCUT2D eigenvalue weighted by Crippen LogP contribution is 2.24. The maximum absolute atomic E-state index is 5.14. The lowest BCUT2D eigenvalue weighted by atomic mass is 10.4. The van der Waals surface area contributed by atoms with Crippen LogP contribution in [0.2, 0.25) is 0 Å². The van der Waals surface area contributed by atoms with Crippen LogP contribution in [0.4, 0.5) is 0 Å². The summed E-state index contributed by atoms with van der Waals surface area (Å²) in [5.41, 5.74) is 0. The standard InChI is InChI=1S/C12H13NOS/c1-14-11-8-5-9-12(13-11)15-10-6-3-2-4-7-10/h2-9,12-13H,1H3/t12-/m1/s1. The summed E-state index contributed by atoms with van der Waals surface area (Å²) in [5.74, 6) is 0.811. The molecule has 1 aliphatic heterocycles. The highest BCUT2D eigenvalue weighted by Gasteiger charge is 2.10. The number of hydrogen-bond donors (Lipinski definition) is 1. The molecule has 2 nitrogen and oxygen atoms in total. The van der Waals surface area contributed by atoms with Gasteiger partial charge in [-0.3, -0.25) is 0 Å². The zero-order chi connectivity index (χ0) is 10.5. The molecule has 1 aromatic rings. The van der Waals surface area contributed by atoms with E-state index in [1.54, 1.807) is 18.9 Å². The predicted molar refractivity (Wildman–Crippen MR) is 63.5 cm³/mol. The van der Waals surface area contributed by atoms with Crippen LogP contribution in [0, 0.1) is 0 Å². The van der Waals surface area contributed by atoms with E-state index in [1.165, 1.54) is 4.90 Å². The van der Waals surface area contributed by atoms with Crippen LogP contribution in [0.25, 0.3) is 0 Å². The molecule has 0 saturated heterocycles. The Morgan fingerprint density at radius 1 is 1.27 bits per heavy atom. The number of thioether (sulfide) groups is 1. The lowest BCUT2D eigenvalue weighted by molar-refractivity contribution is 0.261. The van der Waals surface area contributed by atoms with Gasteiger partial charge in [0.25, 0.3) is 0 Å². The van der Waals surface area contributed by atoms with Gasteiger partial charge in [-0.05, 0) is 18.2 Å². The quantitative estimate of drug-likeness (QED) is 0.844. The van der Waals surface area contributed by atoms with E-state index in [2.05, 4.69) is 23.5 Å². The Kier molecular flexibility index (Phi) is 3.35. The highest BCUT2D eigenvalue weighted by molar-refractivity contribution is 8.00. The van der Waals surface area contributed by atoms with Crippen LogP contribution in [0.5, 0.6) is 0 Å². The van der Waals surface area contributed by atoms with Gasteiger partial charge in [-0.2, -0.15) is 0 Å². The summed E-state index contributed by atoms with van der Waals surface area (Å²) in [7, 11) is 1.67. The SMILES string of the molecule is COC1=CC=C[C@@H](Sc2ccccc2)N1. The molecule has 1 N–H and O–H groups in total.